The Morgan fingerprint density at radius 2 is 2.14 bits per heavy atom. The van der Waals surface area contributed by atoms with Crippen LogP contribution in [0, 0.1) is 11.8 Å². The molecule has 1 aromatic carbocycles. The molecule has 1 aliphatic rings. The number of hydrogen-bond acceptors (Lipinski definition) is 4. The van der Waals surface area contributed by atoms with E-state index in [1.54, 1.807) is 18.2 Å². The predicted molar refractivity (Wildman–Crippen MR) is 86.4 cm³/mol. The number of hydrogen-bond donors (Lipinski definition) is 3. The van der Waals surface area contributed by atoms with Crippen molar-refractivity contribution in [2.75, 3.05) is 11.1 Å². The first-order chi connectivity index (χ1) is 10.0. The second-order valence-electron chi connectivity index (χ2n) is 6.21. The van der Waals surface area contributed by atoms with E-state index < -0.39 is 0 Å². The number of nitrogens with zero attached hydrogens (tertiary/aromatic N) is 1. The molecular formula is C16H22N4O. The molecule has 5 nitrogen and oxygen atoms in total. The van der Waals surface area contributed by atoms with E-state index in [1.165, 1.54) is 12.8 Å². The highest BCUT2D eigenvalue weighted by Gasteiger charge is 2.27. The van der Waals surface area contributed by atoms with Crippen molar-refractivity contribution in [3.8, 4) is 0 Å². The monoisotopic (exact) mass is 286 g/mol. The van der Waals surface area contributed by atoms with E-state index in [9.17, 15) is 4.79 Å². The summed E-state index contributed by atoms with van der Waals surface area (Å²) >= 11 is 0. The molecule has 0 saturated heterocycles. The van der Waals surface area contributed by atoms with Crippen LogP contribution >= 0.6 is 0 Å². The highest BCUT2D eigenvalue weighted by molar-refractivity contribution is 5.81. The number of aromatic amines is 1. The fraction of sp³-hybridized carbons (Fsp3) is 0.500. The van der Waals surface area contributed by atoms with Gasteiger partial charge in [-0.3, -0.25) is 9.78 Å². The van der Waals surface area contributed by atoms with Crippen LogP contribution in [-0.2, 0) is 0 Å². The van der Waals surface area contributed by atoms with Crippen LogP contribution in [0.5, 0.6) is 0 Å². The van der Waals surface area contributed by atoms with Gasteiger partial charge in [0.15, 0.2) is 0 Å². The molecule has 5 heteroatoms. The van der Waals surface area contributed by atoms with E-state index in [-0.39, 0.29) is 5.56 Å². The zero-order chi connectivity index (χ0) is 15.0. The standard InChI is InChI=1S/C16H22N4O/c1-9-4-3-5-13(10(9)2)18-16-19-14-7-6-11(17)8-12(14)15(21)20-16/h6-10,13H,3-5,17H2,1-2H3,(H2,18,19,20,21). The highest BCUT2D eigenvalue weighted by Crippen LogP contribution is 2.31. The lowest BCUT2D eigenvalue weighted by atomic mass is 9.78. The first kappa shape index (κ1) is 13.9. The lowest BCUT2D eigenvalue weighted by Crippen LogP contribution is -2.36. The minimum Gasteiger partial charge on any atom is -0.399 e. The number of H-pyrrole nitrogens is 1. The Hall–Kier alpha value is -2.04. The van der Waals surface area contributed by atoms with Crippen LogP contribution in [-0.4, -0.2) is 16.0 Å². The molecule has 1 aromatic heterocycles. The Bertz CT molecular complexity index is 709. The lowest BCUT2D eigenvalue weighted by Gasteiger charge is -2.34. The van der Waals surface area contributed by atoms with Crippen molar-refractivity contribution >= 4 is 22.5 Å². The fourth-order valence-corrected chi connectivity index (χ4v) is 3.19. The average molecular weight is 286 g/mol. The third kappa shape index (κ3) is 2.73. The largest absolute Gasteiger partial charge is 0.399 e. The lowest BCUT2D eigenvalue weighted by molar-refractivity contribution is 0.252. The number of rotatable bonds is 2. The van der Waals surface area contributed by atoms with Crippen molar-refractivity contribution in [3.63, 3.8) is 0 Å². The summed E-state index contributed by atoms with van der Waals surface area (Å²) in [6, 6.07) is 5.58. The molecule has 3 rings (SSSR count). The summed E-state index contributed by atoms with van der Waals surface area (Å²) in [6.45, 7) is 4.55. The van der Waals surface area contributed by atoms with Crippen molar-refractivity contribution in [2.45, 2.75) is 39.2 Å². The van der Waals surface area contributed by atoms with Gasteiger partial charge in [0.1, 0.15) is 0 Å². The SMILES string of the molecule is CC1CCCC(Nc2nc3ccc(N)cc3c(=O)[nH]2)C1C. The summed E-state index contributed by atoms with van der Waals surface area (Å²) in [5, 5.41) is 3.94. The highest BCUT2D eigenvalue weighted by atomic mass is 16.1. The molecule has 1 fully saturated rings. The molecule has 1 saturated carbocycles. The number of benzene rings is 1. The molecule has 3 atom stereocenters. The van der Waals surface area contributed by atoms with E-state index in [1.807, 2.05) is 0 Å². The molecule has 0 radical (unpaired) electrons. The van der Waals surface area contributed by atoms with Gasteiger partial charge in [-0.2, -0.15) is 0 Å². The molecule has 112 valence electrons. The summed E-state index contributed by atoms with van der Waals surface area (Å²) in [5.74, 6) is 1.83. The van der Waals surface area contributed by atoms with Crippen LogP contribution in [0.1, 0.15) is 33.1 Å². The maximum absolute atomic E-state index is 12.1. The summed E-state index contributed by atoms with van der Waals surface area (Å²) in [6.07, 6.45) is 3.62. The topological polar surface area (TPSA) is 83.8 Å². The molecule has 2 aromatic rings. The van der Waals surface area contributed by atoms with Gasteiger partial charge in [0.25, 0.3) is 5.56 Å². The first-order valence-corrected chi connectivity index (χ1v) is 7.60. The van der Waals surface area contributed by atoms with Crippen molar-refractivity contribution in [1.29, 1.82) is 0 Å². The number of aromatic nitrogens is 2. The second kappa shape index (κ2) is 5.39. The number of fused-ring (bicyclic) bond motifs is 1. The smallest absolute Gasteiger partial charge is 0.260 e. The van der Waals surface area contributed by atoms with Crippen LogP contribution in [0.25, 0.3) is 10.9 Å². The maximum Gasteiger partial charge on any atom is 0.260 e. The van der Waals surface area contributed by atoms with E-state index >= 15 is 0 Å². The van der Waals surface area contributed by atoms with Crippen LogP contribution in [0.3, 0.4) is 0 Å². The van der Waals surface area contributed by atoms with Crippen LogP contribution in [0.15, 0.2) is 23.0 Å². The third-order valence-electron chi connectivity index (χ3n) is 4.76. The quantitative estimate of drug-likeness (QED) is 0.741. The number of nitrogens with two attached hydrogens (primary N) is 1. The molecule has 1 aliphatic carbocycles. The third-order valence-corrected chi connectivity index (χ3v) is 4.76. The molecule has 1 heterocycles. The van der Waals surface area contributed by atoms with Gasteiger partial charge in [-0.25, -0.2) is 4.98 Å². The fourth-order valence-electron chi connectivity index (χ4n) is 3.19. The van der Waals surface area contributed by atoms with Gasteiger partial charge < -0.3 is 11.1 Å². The normalized spacial score (nSPS) is 25.9. The minimum atomic E-state index is -0.147. The van der Waals surface area contributed by atoms with Crippen molar-refractivity contribution in [2.24, 2.45) is 11.8 Å². The zero-order valence-electron chi connectivity index (χ0n) is 12.5. The summed E-state index contributed by atoms with van der Waals surface area (Å²) < 4.78 is 0. The molecule has 0 aliphatic heterocycles. The molecule has 21 heavy (non-hydrogen) atoms. The number of nitrogen functional groups attached to an aromatic ring is 1. The average Bonchev–Trinajstić information content (AvgIpc) is 2.45. The van der Waals surface area contributed by atoms with Crippen molar-refractivity contribution in [3.05, 3.63) is 28.6 Å². The van der Waals surface area contributed by atoms with Gasteiger partial charge in [0.05, 0.1) is 10.9 Å². The summed E-state index contributed by atoms with van der Waals surface area (Å²) in [4.78, 5) is 19.5. The predicted octanol–water partition coefficient (Wildman–Crippen LogP) is 2.74. The minimum absolute atomic E-state index is 0.147. The van der Waals surface area contributed by atoms with Gasteiger partial charge in [0, 0.05) is 11.7 Å². The maximum atomic E-state index is 12.1. The summed E-state index contributed by atoms with van der Waals surface area (Å²) in [5.41, 5.74) is 6.82. The molecule has 0 spiro atoms. The van der Waals surface area contributed by atoms with E-state index in [2.05, 4.69) is 29.1 Å². The van der Waals surface area contributed by atoms with Gasteiger partial charge in [-0.05, 0) is 36.5 Å². The Balaban J connectivity index is 1.91. The van der Waals surface area contributed by atoms with Crippen LogP contribution in [0.2, 0.25) is 0 Å². The van der Waals surface area contributed by atoms with E-state index in [0.717, 1.165) is 6.42 Å². The van der Waals surface area contributed by atoms with Gasteiger partial charge in [-0.15, -0.1) is 0 Å². The van der Waals surface area contributed by atoms with Crippen LogP contribution < -0.4 is 16.6 Å². The zero-order valence-corrected chi connectivity index (χ0v) is 12.5. The van der Waals surface area contributed by atoms with E-state index in [4.69, 9.17) is 5.73 Å². The van der Waals surface area contributed by atoms with Crippen molar-refractivity contribution < 1.29 is 0 Å². The number of anilines is 2. The first-order valence-electron chi connectivity index (χ1n) is 7.60. The second-order valence-corrected chi connectivity index (χ2v) is 6.21. The Morgan fingerprint density at radius 1 is 1.33 bits per heavy atom. The Morgan fingerprint density at radius 3 is 2.95 bits per heavy atom. The molecular weight excluding hydrogens is 264 g/mol. The van der Waals surface area contributed by atoms with Gasteiger partial charge in [-0.1, -0.05) is 26.7 Å². The molecule has 0 bridgehead atoms. The Kier molecular flexibility index (Phi) is 3.57. The molecule has 0 amide bonds. The van der Waals surface area contributed by atoms with Gasteiger partial charge in [0.2, 0.25) is 5.95 Å². The molecule has 3 unspecified atom stereocenters. The molecule has 4 N–H and O–H groups in total. The number of nitrogens with one attached hydrogen (secondary N) is 2. The van der Waals surface area contributed by atoms with Crippen molar-refractivity contribution in [1.82, 2.24) is 9.97 Å². The Labute approximate surface area is 124 Å². The van der Waals surface area contributed by atoms with E-state index in [0.29, 0.717) is 40.4 Å². The van der Waals surface area contributed by atoms with Crippen LogP contribution in [0.4, 0.5) is 11.6 Å². The van der Waals surface area contributed by atoms with Gasteiger partial charge >= 0.3 is 0 Å². The summed E-state index contributed by atoms with van der Waals surface area (Å²) in [7, 11) is 0.